The Bertz CT molecular complexity index is 1400. The molecule has 0 spiro atoms. The quantitative estimate of drug-likeness (QED) is 0.422. The molecule has 0 radical (unpaired) electrons. The maximum Gasteiger partial charge on any atom is 0.180 e. The van der Waals surface area contributed by atoms with E-state index >= 15 is 0 Å². The minimum atomic E-state index is -0.370. The van der Waals surface area contributed by atoms with Gasteiger partial charge in [0.2, 0.25) is 0 Å². The molecule has 5 nitrogen and oxygen atoms in total. The van der Waals surface area contributed by atoms with Gasteiger partial charge in [-0.1, -0.05) is 43.7 Å². The SMILES string of the molecule is CC(C)c1cnc2c(N[C@@H]3CCC4=C(C3)c3ccccc3C4)nc(-c3cncc(F)c3)cn12. The summed E-state index contributed by atoms with van der Waals surface area (Å²) >= 11 is 0. The number of halogens is 1. The molecule has 33 heavy (non-hydrogen) atoms. The first-order valence-corrected chi connectivity index (χ1v) is 11.6. The van der Waals surface area contributed by atoms with Crippen molar-refractivity contribution in [3.63, 3.8) is 0 Å². The molecule has 3 aromatic heterocycles. The lowest BCUT2D eigenvalue weighted by Gasteiger charge is -2.26. The Balaban J connectivity index is 1.38. The fourth-order valence-electron chi connectivity index (χ4n) is 5.22. The monoisotopic (exact) mass is 439 g/mol. The predicted molar refractivity (Wildman–Crippen MR) is 129 cm³/mol. The van der Waals surface area contributed by atoms with Crippen molar-refractivity contribution in [2.24, 2.45) is 0 Å². The van der Waals surface area contributed by atoms with Gasteiger partial charge in [0.25, 0.3) is 0 Å². The molecule has 0 unspecified atom stereocenters. The molecule has 1 N–H and O–H groups in total. The molecule has 0 bridgehead atoms. The van der Waals surface area contributed by atoms with Gasteiger partial charge in [-0.2, -0.15) is 0 Å². The lowest BCUT2D eigenvalue weighted by atomic mass is 9.88. The molecular formula is C27H26FN5. The van der Waals surface area contributed by atoms with Gasteiger partial charge in [0, 0.05) is 35.9 Å². The third-order valence-electron chi connectivity index (χ3n) is 6.87. The second-order valence-electron chi connectivity index (χ2n) is 9.40. The topological polar surface area (TPSA) is 55.1 Å². The maximum absolute atomic E-state index is 13.9. The number of pyridine rings is 1. The van der Waals surface area contributed by atoms with Crippen LogP contribution in [0.25, 0.3) is 22.5 Å². The van der Waals surface area contributed by atoms with Crippen molar-refractivity contribution in [3.05, 3.63) is 83.3 Å². The second kappa shape index (κ2) is 7.80. The van der Waals surface area contributed by atoms with Crippen molar-refractivity contribution in [3.8, 4) is 11.3 Å². The van der Waals surface area contributed by atoms with Crippen LogP contribution >= 0.6 is 0 Å². The minimum absolute atomic E-state index is 0.270. The average Bonchev–Trinajstić information content (AvgIpc) is 3.41. The number of allylic oxidation sites excluding steroid dienone is 1. The van der Waals surface area contributed by atoms with E-state index in [9.17, 15) is 4.39 Å². The van der Waals surface area contributed by atoms with Gasteiger partial charge < -0.3 is 5.32 Å². The van der Waals surface area contributed by atoms with E-state index in [0.717, 1.165) is 42.8 Å². The Morgan fingerprint density at radius 1 is 1.15 bits per heavy atom. The number of aromatic nitrogens is 4. The summed E-state index contributed by atoms with van der Waals surface area (Å²) in [6.45, 7) is 4.29. The summed E-state index contributed by atoms with van der Waals surface area (Å²) in [7, 11) is 0. The number of fused-ring (bicyclic) bond motifs is 3. The van der Waals surface area contributed by atoms with Crippen LogP contribution in [-0.4, -0.2) is 25.4 Å². The fraction of sp³-hybridized carbons (Fsp3) is 0.296. The molecule has 0 amide bonds. The van der Waals surface area contributed by atoms with Crippen LogP contribution in [0.2, 0.25) is 0 Å². The number of hydrogen-bond donors (Lipinski definition) is 1. The zero-order chi connectivity index (χ0) is 22.5. The van der Waals surface area contributed by atoms with Gasteiger partial charge in [0.1, 0.15) is 5.82 Å². The maximum atomic E-state index is 13.9. The molecule has 4 aromatic rings. The van der Waals surface area contributed by atoms with Gasteiger partial charge in [0.15, 0.2) is 11.5 Å². The molecule has 0 fully saturated rings. The zero-order valence-corrected chi connectivity index (χ0v) is 18.8. The van der Waals surface area contributed by atoms with E-state index in [-0.39, 0.29) is 11.9 Å². The summed E-state index contributed by atoms with van der Waals surface area (Å²) in [6, 6.07) is 10.5. The molecule has 6 rings (SSSR count). The van der Waals surface area contributed by atoms with E-state index in [1.54, 1.807) is 11.8 Å². The number of hydrogen-bond acceptors (Lipinski definition) is 4. The highest BCUT2D eigenvalue weighted by atomic mass is 19.1. The second-order valence-corrected chi connectivity index (χ2v) is 9.40. The van der Waals surface area contributed by atoms with Crippen molar-refractivity contribution >= 4 is 17.0 Å². The first kappa shape index (κ1) is 20.1. The number of anilines is 1. The van der Waals surface area contributed by atoms with Gasteiger partial charge in [0.05, 0.1) is 11.9 Å². The third kappa shape index (κ3) is 3.50. The lowest BCUT2D eigenvalue weighted by molar-refractivity contribution is 0.622. The van der Waals surface area contributed by atoms with Gasteiger partial charge in [-0.25, -0.2) is 14.4 Å². The summed E-state index contributed by atoms with van der Waals surface area (Å²) in [6.07, 6.45) is 10.9. The van der Waals surface area contributed by atoms with Gasteiger partial charge in [-0.15, -0.1) is 0 Å². The number of nitrogens with zero attached hydrogens (tertiary/aromatic N) is 4. The van der Waals surface area contributed by atoms with Crippen LogP contribution in [-0.2, 0) is 6.42 Å². The largest absolute Gasteiger partial charge is 0.364 e. The number of rotatable bonds is 4. The van der Waals surface area contributed by atoms with E-state index < -0.39 is 0 Å². The Morgan fingerprint density at radius 3 is 2.88 bits per heavy atom. The Morgan fingerprint density at radius 2 is 2.03 bits per heavy atom. The number of nitrogens with one attached hydrogen (secondary N) is 1. The van der Waals surface area contributed by atoms with Crippen LogP contribution in [0.4, 0.5) is 10.2 Å². The standard InChI is InChI=1S/C27H26FN5/c1-16(2)25-14-30-27-26(32-24(15-33(25)27)19-10-20(28)13-29-12-19)31-21-8-7-18-9-17-5-3-4-6-22(17)23(18)11-21/h3-6,10,12-16,21H,7-9,11H2,1-2H3,(H,31,32)/t21-/m1/s1. The smallest absolute Gasteiger partial charge is 0.180 e. The Labute approximate surface area is 192 Å². The van der Waals surface area contributed by atoms with E-state index in [1.165, 1.54) is 29.0 Å². The summed E-state index contributed by atoms with van der Waals surface area (Å²) in [5.41, 5.74) is 9.15. The Hall–Kier alpha value is -3.54. The van der Waals surface area contributed by atoms with Crippen LogP contribution in [0.1, 0.15) is 55.8 Å². The van der Waals surface area contributed by atoms with Gasteiger partial charge in [-0.3, -0.25) is 9.38 Å². The van der Waals surface area contributed by atoms with Crippen molar-refractivity contribution in [1.82, 2.24) is 19.4 Å². The highest BCUT2D eigenvalue weighted by Gasteiger charge is 2.28. The summed E-state index contributed by atoms with van der Waals surface area (Å²) in [5.74, 6) is 0.667. The van der Waals surface area contributed by atoms with Crippen LogP contribution < -0.4 is 5.32 Å². The van der Waals surface area contributed by atoms with E-state index in [1.807, 2.05) is 12.4 Å². The summed E-state index contributed by atoms with van der Waals surface area (Å²) in [5, 5.41) is 3.70. The Kier molecular flexibility index (Phi) is 4.75. The summed E-state index contributed by atoms with van der Waals surface area (Å²) < 4.78 is 16.0. The molecule has 2 aliphatic carbocycles. The van der Waals surface area contributed by atoms with Crippen LogP contribution in [0.5, 0.6) is 0 Å². The molecule has 0 saturated carbocycles. The molecule has 1 atom stereocenters. The molecule has 6 heteroatoms. The average molecular weight is 440 g/mol. The minimum Gasteiger partial charge on any atom is -0.364 e. The predicted octanol–water partition coefficient (Wildman–Crippen LogP) is 6.03. The molecule has 2 aliphatic rings. The zero-order valence-electron chi connectivity index (χ0n) is 18.8. The molecular weight excluding hydrogens is 413 g/mol. The number of benzene rings is 1. The third-order valence-corrected chi connectivity index (χ3v) is 6.87. The van der Waals surface area contributed by atoms with Gasteiger partial charge in [-0.05, 0) is 54.4 Å². The van der Waals surface area contributed by atoms with E-state index in [4.69, 9.17) is 9.97 Å². The molecule has 3 heterocycles. The van der Waals surface area contributed by atoms with E-state index in [0.29, 0.717) is 17.2 Å². The molecule has 0 saturated heterocycles. The molecule has 166 valence electrons. The first-order valence-electron chi connectivity index (χ1n) is 11.6. The molecule has 1 aromatic carbocycles. The summed E-state index contributed by atoms with van der Waals surface area (Å²) in [4.78, 5) is 13.6. The highest BCUT2D eigenvalue weighted by Crippen LogP contribution is 2.42. The van der Waals surface area contributed by atoms with E-state index in [2.05, 4.69) is 52.8 Å². The van der Waals surface area contributed by atoms with Crippen LogP contribution in [0.15, 0.2) is 60.7 Å². The van der Waals surface area contributed by atoms with Crippen molar-refractivity contribution < 1.29 is 4.39 Å². The highest BCUT2D eigenvalue weighted by molar-refractivity contribution is 5.78. The van der Waals surface area contributed by atoms with Crippen molar-refractivity contribution in [1.29, 1.82) is 0 Å². The normalized spacial score (nSPS) is 17.5. The van der Waals surface area contributed by atoms with Gasteiger partial charge >= 0.3 is 0 Å². The first-order chi connectivity index (χ1) is 16.1. The van der Waals surface area contributed by atoms with Crippen molar-refractivity contribution in [2.75, 3.05) is 5.32 Å². The van der Waals surface area contributed by atoms with Crippen molar-refractivity contribution in [2.45, 2.75) is 51.5 Å². The molecule has 0 aliphatic heterocycles. The van der Waals surface area contributed by atoms with Crippen LogP contribution in [0, 0.1) is 5.82 Å². The van der Waals surface area contributed by atoms with Crippen LogP contribution in [0.3, 0.4) is 0 Å². The lowest BCUT2D eigenvalue weighted by Crippen LogP contribution is -2.24. The fourth-order valence-corrected chi connectivity index (χ4v) is 5.22. The number of imidazole rings is 1.